The van der Waals surface area contributed by atoms with Crippen molar-refractivity contribution in [3.63, 3.8) is 0 Å². The lowest BCUT2D eigenvalue weighted by Gasteiger charge is -2.14. The summed E-state index contributed by atoms with van der Waals surface area (Å²) >= 11 is 0. The SMILES string of the molecule is CN1C=CN=C([C]=O)C1. The fourth-order valence-corrected chi connectivity index (χ4v) is 0.626. The number of hydrogen-bond donors (Lipinski definition) is 0. The van der Waals surface area contributed by atoms with Gasteiger partial charge in [0.15, 0.2) is 0 Å². The van der Waals surface area contributed by atoms with E-state index >= 15 is 0 Å². The van der Waals surface area contributed by atoms with Crippen LogP contribution in [0.4, 0.5) is 0 Å². The van der Waals surface area contributed by atoms with Crippen molar-refractivity contribution in [3.05, 3.63) is 12.4 Å². The van der Waals surface area contributed by atoms with Gasteiger partial charge in [0.25, 0.3) is 6.29 Å². The third kappa shape index (κ3) is 1.38. The van der Waals surface area contributed by atoms with E-state index in [0.717, 1.165) is 0 Å². The van der Waals surface area contributed by atoms with Crippen LogP contribution in [-0.4, -0.2) is 30.5 Å². The molecule has 0 aromatic heterocycles. The Bertz CT molecular complexity index is 172. The summed E-state index contributed by atoms with van der Waals surface area (Å²) in [6, 6.07) is 0. The van der Waals surface area contributed by atoms with Crippen LogP contribution in [0.15, 0.2) is 17.4 Å². The minimum Gasteiger partial charge on any atom is -0.373 e. The van der Waals surface area contributed by atoms with Gasteiger partial charge in [-0.25, -0.2) is 0 Å². The molecule has 1 aliphatic rings. The average molecular weight is 123 g/mol. The van der Waals surface area contributed by atoms with Crippen LogP contribution in [0.3, 0.4) is 0 Å². The van der Waals surface area contributed by atoms with Crippen LogP contribution < -0.4 is 0 Å². The zero-order chi connectivity index (χ0) is 6.69. The number of rotatable bonds is 1. The lowest BCUT2D eigenvalue weighted by Crippen LogP contribution is -2.23. The average Bonchev–Trinajstić information content (AvgIpc) is 1.88. The van der Waals surface area contributed by atoms with Crippen LogP contribution in [0.2, 0.25) is 0 Å². The Hall–Kier alpha value is -1.12. The Labute approximate surface area is 53.7 Å². The third-order valence-corrected chi connectivity index (χ3v) is 1.07. The van der Waals surface area contributed by atoms with Crippen molar-refractivity contribution in [2.24, 2.45) is 4.99 Å². The van der Waals surface area contributed by atoms with Crippen LogP contribution in [-0.2, 0) is 4.79 Å². The van der Waals surface area contributed by atoms with Gasteiger partial charge in [0.05, 0.1) is 6.54 Å². The molecule has 1 heterocycles. The van der Waals surface area contributed by atoms with Crippen LogP contribution in [0, 0.1) is 0 Å². The first-order valence-electron chi connectivity index (χ1n) is 2.64. The molecular weight excluding hydrogens is 116 g/mol. The standard InChI is InChI=1S/C6H7N2O/c1-8-3-2-7-6(4-8)5-9/h2-3H,4H2,1H3. The van der Waals surface area contributed by atoms with E-state index in [0.29, 0.717) is 12.3 Å². The van der Waals surface area contributed by atoms with E-state index in [1.54, 1.807) is 18.7 Å². The molecule has 0 aromatic rings. The molecule has 0 N–H and O–H groups in total. The number of aliphatic imine (C=N–C) groups is 1. The van der Waals surface area contributed by atoms with Gasteiger partial charge < -0.3 is 4.90 Å². The van der Waals surface area contributed by atoms with E-state index in [1.165, 1.54) is 0 Å². The van der Waals surface area contributed by atoms with Gasteiger partial charge in [0.2, 0.25) is 0 Å². The molecule has 0 aliphatic carbocycles. The highest BCUT2D eigenvalue weighted by molar-refractivity contribution is 6.30. The second kappa shape index (κ2) is 2.44. The molecule has 1 radical (unpaired) electrons. The number of nitrogens with zero attached hydrogens (tertiary/aromatic N) is 2. The molecule has 1 aliphatic heterocycles. The van der Waals surface area contributed by atoms with Crippen LogP contribution in [0.1, 0.15) is 0 Å². The molecule has 0 aromatic carbocycles. The molecule has 0 fully saturated rings. The Kier molecular flexibility index (Phi) is 1.63. The van der Waals surface area contributed by atoms with E-state index in [-0.39, 0.29) is 0 Å². The van der Waals surface area contributed by atoms with Gasteiger partial charge in [-0.1, -0.05) is 0 Å². The molecule has 0 bridgehead atoms. The molecule has 3 heteroatoms. The van der Waals surface area contributed by atoms with Crippen molar-refractivity contribution in [1.82, 2.24) is 4.90 Å². The molecule has 47 valence electrons. The van der Waals surface area contributed by atoms with Crippen molar-refractivity contribution >= 4 is 12.0 Å². The normalized spacial score (nSPS) is 17.4. The van der Waals surface area contributed by atoms with Gasteiger partial charge in [-0.15, -0.1) is 0 Å². The second-order valence-electron chi connectivity index (χ2n) is 1.89. The molecule has 0 saturated heterocycles. The van der Waals surface area contributed by atoms with Gasteiger partial charge in [0, 0.05) is 19.4 Å². The zero-order valence-electron chi connectivity index (χ0n) is 5.16. The van der Waals surface area contributed by atoms with Gasteiger partial charge in [-0.3, -0.25) is 9.79 Å². The minimum absolute atomic E-state index is 0.458. The second-order valence-corrected chi connectivity index (χ2v) is 1.89. The summed E-state index contributed by atoms with van der Waals surface area (Å²) in [4.78, 5) is 15.6. The summed E-state index contributed by atoms with van der Waals surface area (Å²) in [6.45, 7) is 0.569. The first-order chi connectivity index (χ1) is 4.33. The summed E-state index contributed by atoms with van der Waals surface area (Å²) in [7, 11) is 1.88. The quantitative estimate of drug-likeness (QED) is 0.490. The molecule has 0 atom stereocenters. The summed E-state index contributed by atoms with van der Waals surface area (Å²) < 4.78 is 0. The highest BCUT2D eigenvalue weighted by Gasteiger charge is 2.02. The maximum atomic E-state index is 9.99. The summed E-state index contributed by atoms with van der Waals surface area (Å²) in [5.41, 5.74) is 0.458. The molecule has 0 saturated carbocycles. The zero-order valence-corrected chi connectivity index (χ0v) is 5.16. The molecule has 0 spiro atoms. The maximum absolute atomic E-state index is 9.99. The summed E-state index contributed by atoms with van der Waals surface area (Å²) in [6.07, 6.45) is 5.13. The summed E-state index contributed by atoms with van der Waals surface area (Å²) in [5, 5.41) is 0. The Morgan fingerprint density at radius 2 is 2.67 bits per heavy atom. The fourth-order valence-electron chi connectivity index (χ4n) is 0.626. The minimum atomic E-state index is 0.458. The lowest BCUT2D eigenvalue weighted by molar-refractivity contribution is 0.514. The van der Waals surface area contributed by atoms with E-state index in [9.17, 15) is 4.79 Å². The van der Waals surface area contributed by atoms with Crippen molar-refractivity contribution in [3.8, 4) is 0 Å². The molecule has 3 nitrogen and oxygen atoms in total. The third-order valence-electron chi connectivity index (χ3n) is 1.07. The van der Waals surface area contributed by atoms with E-state index in [2.05, 4.69) is 4.99 Å². The topological polar surface area (TPSA) is 32.7 Å². The first kappa shape index (κ1) is 6.01. The van der Waals surface area contributed by atoms with Crippen molar-refractivity contribution in [2.45, 2.75) is 0 Å². The molecule has 0 unspecified atom stereocenters. The van der Waals surface area contributed by atoms with Gasteiger partial charge in [-0.2, -0.15) is 0 Å². The maximum Gasteiger partial charge on any atom is 0.250 e. The Balaban J connectivity index is 2.65. The largest absolute Gasteiger partial charge is 0.373 e. The van der Waals surface area contributed by atoms with Gasteiger partial charge in [-0.05, 0) is 0 Å². The first-order valence-corrected chi connectivity index (χ1v) is 2.64. The molecular formula is C6H7N2O. The highest BCUT2D eigenvalue weighted by Crippen LogP contribution is 1.93. The van der Waals surface area contributed by atoms with Crippen LogP contribution in [0.25, 0.3) is 0 Å². The monoisotopic (exact) mass is 123 g/mol. The molecule has 1 rings (SSSR count). The lowest BCUT2D eigenvalue weighted by atomic mass is 10.3. The fraction of sp³-hybridized carbons (Fsp3) is 0.333. The van der Waals surface area contributed by atoms with Crippen molar-refractivity contribution in [1.29, 1.82) is 0 Å². The Morgan fingerprint density at radius 1 is 1.89 bits per heavy atom. The predicted octanol–water partition coefficient (Wildman–Crippen LogP) is -0.0463. The predicted molar refractivity (Wildman–Crippen MR) is 34.9 cm³/mol. The van der Waals surface area contributed by atoms with E-state index in [1.807, 2.05) is 11.9 Å². The smallest absolute Gasteiger partial charge is 0.250 e. The van der Waals surface area contributed by atoms with E-state index in [4.69, 9.17) is 0 Å². The summed E-state index contributed by atoms with van der Waals surface area (Å²) in [5.74, 6) is 0. The van der Waals surface area contributed by atoms with Gasteiger partial charge >= 0.3 is 0 Å². The van der Waals surface area contributed by atoms with Crippen molar-refractivity contribution in [2.75, 3.05) is 13.6 Å². The molecule has 0 amide bonds. The van der Waals surface area contributed by atoms with Crippen molar-refractivity contribution < 1.29 is 4.79 Å². The number of hydrogen-bond acceptors (Lipinski definition) is 3. The van der Waals surface area contributed by atoms with Crippen LogP contribution in [0.5, 0.6) is 0 Å². The Morgan fingerprint density at radius 3 is 3.11 bits per heavy atom. The van der Waals surface area contributed by atoms with Crippen LogP contribution >= 0.6 is 0 Å². The van der Waals surface area contributed by atoms with Gasteiger partial charge in [0.1, 0.15) is 5.71 Å². The number of carbonyl (C=O) groups excluding carboxylic acids is 1. The molecule has 9 heavy (non-hydrogen) atoms. The van der Waals surface area contributed by atoms with E-state index < -0.39 is 0 Å². The highest BCUT2D eigenvalue weighted by atomic mass is 16.1.